The smallest absolute Gasteiger partial charge is 0.290 e. The van der Waals surface area contributed by atoms with Crippen molar-refractivity contribution in [3.05, 3.63) is 39.9 Å². The van der Waals surface area contributed by atoms with E-state index >= 15 is 0 Å². The molecule has 1 saturated heterocycles. The molecular weight excluding hydrogens is 401 g/mol. The second-order valence-corrected chi connectivity index (χ2v) is 6.70. The summed E-state index contributed by atoms with van der Waals surface area (Å²) in [6.07, 6.45) is 0.103. The van der Waals surface area contributed by atoms with Gasteiger partial charge in [0.1, 0.15) is 11.5 Å². The summed E-state index contributed by atoms with van der Waals surface area (Å²) in [7, 11) is 0. The van der Waals surface area contributed by atoms with Crippen molar-refractivity contribution in [2.24, 2.45) is 5.92 Å². The third-order valence-electron chi connectivity index (χ3n) is 4.17. The molecular formula is C16H20Cl3N5O2. The number of rotatable bonds is 5. The lowest BCUT2D eigenvalue weighted by Gasteiger charge is -2.13. The first-order valence-corrected chi connectivity index (χ1v) is 8.84. The Morgan fingerprint density at radius 1 is 1.38 bits per heavy atom. The van der Waals surface area contributed by atoms with Gasteiger partial charge in [-0.3, -0.25) is 4.79 Å². The molecule has 1 aliphatic heterocycles. The number of halogens is 3. The number of β-amino-alcohol motifs (C(OH)–C–C–N with tert-alkyl or cyclic N) is 1. The zero-order valence-corrected chi connectivity index (χ0v) is 16.4. The first kappa shape index (κ1) is 20.9. The van der Waals surface area contributed by atoms with Crippen LogP contribution in [0.1, 0.15) is 23.4 Å². The van der Waals surface area contributed by atoms with Crippen molar-refractivity contribution in [1.29, 1.82) is 0 Å². The summed E-state index contributed by atoms with van der Waals surface area (Å²) in [6, 6.07) is 5.15. The van der Waals surface area contributed by atoms with Crippen LogP contribution in [0.2, 0.25) is 10.0 Å². The number of aromatic nitrogens is 3. The molecule has 1 aromatic carbocycles. The van der Waals surface area contributed by atoms with Gasteiger partial charge in [-0.15, -0.1) is 17.5 Å². The fourth-order valence-electron chi connectivity index (χ4n) is 2.77. The number of carbonyl (C=O) groups excluding carboxylic acids is 1. The van der Waals surface area contributed by atoms with E-state index in [2.05, 4.69) is 20.7 Å². The van der Waals surface area contributed by atoms with Gasteiger partial charge < -0.3 is 15.7 Å². The Balaban J connectivity index is 0.00000243. The lowest BCUT2D eigenvalue weighted by Crippen LogP contribution is -2.34. The summed E-state index contributed by atoms with van der Waals surface area (Å²) in [4.78, 5) is 16.7. The molecule has 1 aliphatic rings. The van der Waals surface area contributed by atoms with Crippen LogP contribution in [0.25, 0.3) is 5.69 Å². The van der Waals surface area contributed by atoms with Gasteiger partial charge in [0, 0.05) is 32.0 Å². The minimum atomic E-state index is -0.459. The molecule has 0 bridgehead atoms. The highest BCUT2D eigenvalue weighted by atomic mass is 35.5. The first-order chi connectivity index (χ1) is 12.0. The van der Waals surface area contributed by atoms with Crippen LogP contribution in [0.5, 0.6) is 0 Å². The number of nitrogens with zero attached hydrogens (tertiary/aromatic N) is 3. The molecule has 0 radical (unpaired) electrons. The number of hydrogen-bond donors (Lipinski definition) is 3. The molecule has 2 aromatic rings. The van der Waals surface area contributed by atoms with Gasteiger partial charge >= 0.3 is 0 Å². The lowest BCUT2D eigenvalue weighted by molar-refractivity contribution is 0.0917. The molecule has 2 heterocycles. The number of hydrogen-bond acceptors (Lipinski definition) is 5. The van der Waals surface area contributed by atoms with Gasteiger partial charge in [0.15, 0.2) is 0 Å². The molecule has 0 spiro atoms. The topological polar surface area (TPSA) is 92.1 Å². The van der Waals surface area contributed by atoms with Gasteiger partial charge in [-0.1, -0.05) is 36.2 Å². The molecule has 2 unspecified atom stereocenters. The number of aliphatic hydroxyl groups is 1. The molecule has 7 nitrogen and oxygen atoms in total. The maximum atomic E-state index is 12.4. The largest absolute Gasteiger partial charge is 0.391 e. The number of aliphatic hydroxyl groups excluding tert-OH is 1. The summed E-state index contributed by atoms with van der Waals surface area (Å²) < 4.78 is 1.51. The fraction of sp³-hybridized carbons (Fsp3) is 0.438. The Morgan fingerprint density at radius 2 is 2.08 bits per heavy atom. The maximum Gasteiger partial charge on any atom is 0.290 e. The van der Waals surface area contributed by atoms with Crippen LogP contribution in [0.3, 0.4) is 0 Å². The molecule has 0 saturated carbocycles. The van der Waals surface area contributed by atoms with E-state index in [0.717, 1.165) is 0 Å². The van der Waals surface area contributed by atoms with E-state index in [9.17, 15) is 9.90 Å². The van der Waals surface area contributed by atoms with Crippen molar-refractivity contribution >= 4 is 41.5 Å². The zero-order chi connectivity index (χ0) is 18.0. The van der Waals surface area contributed by atoms with E-state index in [0.29, 0.717) is 47.6 Å². The van der Waals surface area contributed by atoms with Gasteiger partial charge in [-0.05, 0) is 12.1 Å². The van der Waals surface area contributed by atoms with E-state index in [1.165, 1.54) is 4.68 Å². The molecule has 2 atom stereocenters. The van der Waals surface area contributed by atoms with Crippen molar-refractivity contribution in [1.82, 2.24) is 25.4 Å². The van der Waals surface area contributed by atoms with Crippen molar-refractivity contribution < 1.29 is 9.90 Å². The van der Waals surface area contributed by atoms with Crippen molar-refractivity contribution in [2.45, 2.75) is 19.4 Å². The van der Waals surface area contributed by atoms with Gasteiger partial charge in [0.05, 0.1) is 16.1 Å². The average molecular weight is 421 g/mol. The van der Waals surface area contributed by atoms with Gasteiger partial charge in [0.2, 0.25) is 5.82 Å². The standard InChI is InChI=1S/C16H19Cl2N5O2.ClH/c1-2-13-21-15(16(25)20-7-9-6-19-8-12(9)24)22-23(13)14-10(17)4-3-5-11(14)18;/h3-5,9,12,19,24H,2,6-8H2,1H3,(H,20,25);1H. The SMILES string of the molecule is CCc1nc(C(=O)NCC2CNCC2O)nn1-c1c(Cl)cccc1Cl.Cl. The fourth-order valence-corrected chi connectivity index (χ4v) is 3.33. The van der Waals surface area contributed by atoms with Crippen LogP contribution < -0.4 is 10.6 Å². The van der Waals surface area contributed by atoms with Crippen LogP contribution in [0, 0.1) is 5.92 Å². The Labute approximate surface area is 167 Å². The highest BCUT2D eigenvalue weighted by molar-refractivity contribution is 6.37. The Kier molecular flexibility index (Phi) is 7.25. The minimum absolute atomic E-state index is 0. The van der Waals surface area contributed by atoms with Crippen molar-refractivity contribution in [3.8, 4) is 5.69 Å². The highest BCUT2D eigenvalue weighted by Crippen LogP contribution is 2.28. The average Bonchev–Trinajstić information content (AvgIpc) is 3.19. The Morgan fingerprint density at radius 3 is 2.65 bits per heavy atom. The quantitative estimate of drug-likeness (QED) is 0.687. The zero-order valence-electron chi connectivity index (χ0n) is 14.1. The second-order valence-electron chi connectivity index (χ2n) is 5.88. The molecule has 1 fully saturated rings. The normalized spacial score (nSPS) is 19.2. The van der Waals surface area contributed by atoms with Crippen LogP contribution in [0.4, 0.5) is 0 Å². The minimum Gasteiger partial charge on any atom is -0.391 e. The molecule has 142 valence electrons. The van der Waals surface area contributed by atoms with E-state index in [1.807, 2.05) is 6.92 Å². The van der Waals surface area contributed by atoms with Crippen LogP contribution in [0.15, 0.2) is 18.2 Å². The predicted octanol–water partition coefficient (Wildman–Crippen LogP) is 1.87. The summed E-state index contributed by atoms with van der Waals surface area (Å²) in [6.45, 7) is 3.47. The Bertz CT molecular complexity index is 763. The number of nitrogens with one attached hydrogen (secondary N) is 2. The van der Waals surface area contributed by atoms with E-state index < -0.39 is 12.0 Å². The monoisotopic (exact) mass is 419 g/mol. The second kappa shape index (κ2) is 9.01. The molecule has 0 aliphatic carbocycles. The molecule has 10 heteroatoms. The molecule has 1 aromatic heterocycles. The van der Waals surface area contributed by atoms with Gasteiger partial charge in [-0.25, -0.2) is 9.67 Å². The lowest BCUT2D eigenvalue weighted by atomic mass is 10.1. The first-order valence-electron chi connectivity index (χ1n) is 8.08. The van der Waals surface area contributed by atoms with Crippen LogP contribution in [-0.2, 0) is 6.42 Å². The van der Waals surface area contributed by atoms with Crippen molar-refractivity contribution in [2.75, 3.05) is 19.6 Å². The van der Waals surface area contributed by atoms with E-state index in [4.69, 9.17) is 23.2 Å². The summed E-state index contributed by atoms with van der Waals surface area (Å²) in [5.74, 6) is 0.224. The number of benzene rings is 1. The Hall–Kier alpha value is -1.38. The molecule has 26 heavy (non-hydrogen) atoms. The predicted molar refractivity (Wildman–Crippen MR) is 103 cm³/mol. The van der Waals surface area contributed by atoms with E-state index in [1.54, 1.807) is 18.2 Å². The summed E-state index contributed by atoms with van der Waals surface area (Å²) in [5, 5.41) is 20.8. The highest BCUT2D eigenvalue weighted by Gasteiger charge is 2.26. The third kappa shape index (κ3) is 4.29. The number of para-hydroxylation sites is 1. The third-order valence-corrected chi connectivity index (χ3v) is 4.78. The van der Waals surface area contributed by atoms with Gasteiger partial charge in [-0.2, -0.15) is 0 Å². The molecule has 3 rings (SSSR count). The molecule has 1 amide bonds. The van der Waals surface area contributed by atoms with Crippen LogP contribution in [-0.4, -0.2) is 51.5 Å². The van der Waals surface area contributed by atoms with Gasteiger partial charge in [0.25, 0.3) is 5.91 Å². The summed E-state index contributed by atoms with van der Waals surface area (Å²) in [5.41, 5.74) is 0.504. The summed E-state index contributed by atoms with van der Waals surface area (Å²) >= 11 is 12.5. The van der Waals surface area contributed by atoms with E-state index in [-0.39, 0.29) is 24.1 Å². The number of aryl methyl sites for hydroxylation is 1. The molecule has 3 N–H and O–H groups in total. The number of amides is 1. The number of carbonyl (C=O) groups is 1. The maximum absolute atomic E-state index is 12.4. The van der Waals surface area contributed by atoms with Crippen LogP contribution >= 0.6 is 35.6 Å². The van der Waals surface area contributed by atoms with Crippen molar-refractivity contribution in [3.63, 3.8) is 0 Å².